The zero-order valence-corrected chi connectivity index (χ0v) is 11.4. The molecule has 0 aromatic heterocycles. The molecule has 0 spiro atoms. The van der Waals surface area contributed by atoms with E-state index in [1.807, 2.05) is 13.8 Å². The number of alkyl halides is 3. The molecule has 0 aliphatic carbocycles. The summed E-state index contributed by atoms with van der Waals surface area (Å²) in [7, 11) is 0. The molecule has 0 saturated heterocycles. The first-order chi connectivity index (χ1) is 9.12. The summed E-state index contributed by atoms with van der Waals surface area (Å²) in [6.07, 6.45) is -4.66. The minimum absolute atomic E-state index is 0.309. The number of halogens is 4. The van der Waals surface area contributed by atoms with Crippen molar-refractivity contribution in [2.45, 2.75) is 45.0 Å². The van der Waals surface area contributed by atoms with Gasteiger partial charge in [-0.1, -0.05) is 13.8 Å². The van der Waals surface area contributed by atoms with E-state index in [9.17, 15) is 22.7 Å². The Labute approximate surface area is 115 Å². The summed E-state index contributed by atoms with van der Waals surface area (Å²) in [6.45, 7) is 3.90. The predicted molar refractivity (Wildman–Crippen MR) is 68.4 cm³/mol. The van der Waals surface area contributed by atoms with E-state index < -0.39 is 29.7 Å². The highest BCUT2D eigenvalue weighted by Crippen LogP contribution is 2.32. The van der Waals surface area contributed by atoms with Crippen LogP contribution in [0.15, 0.2) is 18.2 Å². The Morgan fingerprint density at radius 2 is 1.80 bits per heavy atom. The fourth-order valence-corrected chi connectivity index (χ4v) is 1.87. The zero-order chi connectivity index (χ0) is 15.5. The number of rotatable bonds is 5. The smallest absolute Gasteiger partial charge is 0.391 e. The SMILES string of the molecule is CC(C)CC[C@@H](O)[C@@H](N)c1cc(C(F)(F)F)ccc1F. The van der Waals surface area contributed by atoms with Gasteiger partial charge in [0.25, 0.3) is 0 Å². The van der Waals surface area contributed by atoms with Crippen molar-refractivity contribution in [3.8, 4) is 0 Å². The van der Waals surface area contributed by atoms with Gasteiger partial charge in [0.2, 0.25) is 0 Å². The van der Waals surface area contributed by atoms with Gasteiger partial charge in [-0.25, -0.2) is 4.39 Å². The Morgan fingerprint density at radius 3 is 2.30 bits per heavy atom. The topological polar surface area (TPSA) is 46.2 Å². The van der Waals surface area contributed by atoms with Gasteiger partial charge in [-0.05, 0) is 37.0 Å². The van der Waals surface area contributed by atoms with Crippen LogP contribution < -0.4 is 5.73 Å². The van der Waals surface area contributed by atoms with Crippen LogP contribution in [-0.2, 0) is 6.18 Å². The Morgan fingerprint density at radius 1 is 1.20 bits per heavy atom. The first kappa shape index (κ1) is 16.9. The molecular weight excluding hydrogens is 274 g/mol. The average molecular weight is 293 g/mol. The van der Waals surface area contributed by atoms with Crippen molar-refractivity contribution in [2.75, 3.05) is 0 Å². The van der Waals surface area contributed by atoms with E-state index in [1.54, 1.807) is 0 Å². The number of hydrogen-bond donors (Lipinski definition) is 2. The fraction of sp³-hybridized carbons (Fsp3) is 0.571. The minimum Gasteiger partial charge on any atom is -0.391 e. The maximum Gasteiger partial charge on any atom is 0.416 e. The lowest BCUT2D eigenvalue weighted by molar-refractivity contribution is -0.137. The third-order valence-electron chi connectivity index (χ3n) is 3.14. The molecule has 0 radical (unpaired) electrons. The van der Waals surface area contributed by atoms with E-state index in [0.717, 1.165) is 6.07 Å². The molecule has 20 heavy (non-hydrogen) atoms. The van der Waals surface area contributed by atoms with Gasteiger partial charge in [0.15, 0.2) is 0 Å². The summed E-state index contributed by atoms with van der Waals surface area (Å²) in [6, 6.07) is 0.883. The quantitative estimate of drug-likeness (QED) is 0.814. The van der Waals surface area contributed by atoms with Crippen LogP contribution in [0.1, 0.15) is 43.9 Å². The number of hydrogen-bond acceptors (Lipinski definition) is 2. The van der Waals surface area contributed by atoms with Crippen LogP contribution in [0.2, 0.25) is 0 Å². The van der Waals surface area contributed by atoms with Crippen LogP contribution >= 0.6 is 0 Å². The number of benzene rings is 1. The molecule has 114 valence electrons. The highest BCUT2D eigenvalue weighted by molar-refractivity contribution is 5.30. The van der Waals surface area contributed by atoms with Crippen LogP contribution in [0.25, 0.3) is 0 Å². The molecule has 0 fully saturated rings. The van der Waals surface area contributed by atoms with E-state index in [1.165, 1.54) is 0 Å². The third kappa shape index (κ3) is 4.45. The zero-order valence-electron chi connectivity index (χ0n) is 11.4. The van der Waals surface area contributed by atoms with Gasteiger partial charge in [-0.2, -0.15) is 13.2 Å². The van der Waals surface area contributed by atoms with Crippen LogP contribution in [0.3, 0.4) is 0 Å². The maximum atomic E-state index is 13.6. The lowest BCUT2D eigenvalue weighted by atomic mass is 9.94. The van der Waals surface area contributed by atoms with E-state index in [2.05, 4.69) is 0 Å². The minimum atomic E-state index is -4.56. The van der Waals surface area contributed by atoms with Crippen molar-refractivity contribution >= 4 is 0 Å². The predicted octanol–water partition coefficient (Wildman–Crippen LogP) is 3.64. The van der Waals surface area contributed by atoms with Gasteiger partial charge in [0.05, 0.1) is 17.7 Å². The van der Waals surface area contributed by atoms with Crippen LogP contribution in [0.5, 0.6) is 0 Å². The van der Waals surface area contributed by atoms with E-state index in [-0.39, 0.29) is 5.56 Å². The molecule has 2 nitrogen and oxygen atoms in total. The molecule has 1 rings (SSSR count). The number of nitrogens with two attached hydrogens (primary N) is 1. The maximum absolute atomic E-state index is 13.6. The summed E-state index contributed by atoms with van der Waals surface area (Å²) >= 11 is 0. The number of aliphatic hydroxyl groups excluding tert-OH is 1. The molecule has 0 aliphatic heterocycles. The normalized spacial score (nSPS) is 15.4. The van der Waals surface area contributed by atoms with Gasteiger partial charge in [-0.3, -0.25) is 0 Å². The Hall–Kier alpha value is -1.14. The fourth-order valence-electron chi connectivity index (χ4n) is 1.87. The molecule has 6 heteroatoms. The van der Waals surface area contributed by atoms with Gasteiger partial charge in [0, 0.05) is 5.56 Å². The molecule has 1 aromatic rings. The largest absolute Gasteiger partial charge is 0.416 e. The average Bonchev–Trinajstić information content (AvgIpc) is 2.34. The standard InChI is InChI=1S/C14H19F4NO/c1-8(2)3-6-12(20)13(19)10-7-9(14(16,17)18)4-5-11(10)15/h4-5,7-8,12-13,20H,3,6,19H2,1-2H3/t12-,13+/m1/s1. The Kier molecular flexibility index (Phi) is 5.53. The van der Waals surface area contributed by atoms with Crippen molar-refractivity contribution in [1.29, 1.82) is 0 Å². The lowest BCUT2D eigenvalue weighted by Gasteiger charge is -2.21. The Balaban J connectivity index is 2.94. The molecule has 3 N–H and O–H groups in total. The second kappa shape index (κ2) is 6.54. The van der Waals surface area contributed by atoms with Crippen LogP contribution in [-0.4, -0.2) is 11.2 Å². The first-order valence-electron chi connectivity index (χ1n) is 6.43. The summed E-state index contributed by atoms with van der Waals surface area (Å²) < 4.78 is 51.4. The summed E-state index contributed by atoms with van der Waals surface area (Å²) in [5.41, 5.74) is 4.40. The number of aliphatic hydroxyl groups is 1. The Bertz CT molecular complexity index is 445. The van der Waals surface area contributed by atoms with Gasteiger partial charge in [-0.15, -0.1) is 0 Å². The van der Waals surface area contributed by atoms with Crippen molar-refractivity contribution in [3.63, 3.8) is 0 Å². The molecule has 0 bridgehead atoms. The van der Waals surface area contributed by atoms with Gasteiger partial charge in [0.1, 0.15) is 5.82 Å². The van der Waals surface area contributed by atoms with E-state index >= 15 is 0 Å². The van der Waals surface area contributed by atoms with Crippen LogP contribution in [0.4, 0.5) is 17.6 Å². The summed E-state index contributed by atoms with van der Waals surface area (Å²) in [5, 5.41) is 9.87. The third-order valence-corrected chi connectivity index (χ3v) is 3.14. The van der Waals surface area contributed by atoms with Crippen molar-refractivity contribution < 1.29 is 22.7 Å². The molecule has 0 aliphatic rings. The van der Waals surface area contributed by atoms with Gasteiger partial charge >= 0.3 is 6.18 Å². The summed E-state index contributed by atoms with van der Waals surface area (Å²) in [4.78, 5) is 0. The van der Waals surface area contributed by atoms with Crippen molar-refractivity contribution in [1.82, 2.24) is 0 Å². The van der Waals surface area contributed by atoms with Crippen molar-refractivity contribution in [3.05, 3.63) is 35.1 Å². The molecule has 0 unspecified atom stereocenters. The highest BCUT2D eigenvalue weighted by Gasteiger charge is 2.32. The molecule has 2 atom stereocenters. The molecule has 0 amide bonds. The molecular formula is C14H19F4NO. The first-order valence-corrected chi connectivity index (χ1v) is 6.43. The van der Waals surface area contributed by atoms with E-state index in [0.29, 0.717) is 30.9 Å². The lowest BCUT2D eigenvalue weighted by Crippen LogP contribution is -2.28. The van der Waals surface area contributed by atoms with E-state index in [4.69, 9.17) is 5.73 Å². The monoisotopic (exact) mass is 293 g/mol. The van der Waals surface area contributed by atoms with Gasteiger partial charge < -0.3 is 10.8 Å². The molecule has 0 heterocycles. The highest BCUT2D eigenvalue weighted by atomic mass is 19.4. The summed E-state index contributed by atoms with van der Waals surface area (Å²) in [5.74, 6) is -0.516. The van der Waals surface area contributed by atoms with Crippen molar-refractivity contribution in [2.24, 2.45) is 11.7 Å². The second-order valence-electron chi connectivity index (χ2n) is 5.30. The molecule has 1 aromatic carbocycles. The second-order valence-corrected chi connectivity index (χ2v) is 5.30. The molecule has 0 saturated carbocycles. The van der Waals surface area contributed by atoms with Crippen LogP contribution in [0, 0.1) is 11.7 Å².